The molecular weight excluding hydrogens is 218 g/mol. The number of rotatable bonds is 1. The molecule has 1 N–H and O–H groups in total. The van der Waals surface area contributed by atoms with Crippen molar-refractivity contribution in [2.75, 3.05) is 6.54 Å². The smallest absolute Gasteiger partial charge is 0.00646 e. The van der Waals surface area contributed by atoms with Gasteiger partial charge in [-0.05, 0) is 49.4 Å². The highest BCUT2D eigenvalue weighted by Crippen LogP contribution is 2.52. The minimum Gasteiger partial charge on any atom is -0.313 e. The second-order valence-corrected chi connectivity index (χ2v) is 7.72. The van der Waals surface area contributed by atoms with Gasteiger partial charge in [-0.1, -0.05) is 46.5 Å². The van der Waals surface area contributed by atoms with Crippen LogP contribution in [-0.4, -0.2) is 12.6 Å². The highest BCUT2D eigenvalue weighted by atomic mass is 14.9. The van der Waals surface area contributed by atoms with Gasteiger partial charge in [0.1, 0.15) is 0 Å². The van der Waals surface area contributed by atoms with Crippen molar-refractivity contribution in [3.63, 3.8) is 0 Å². The van der Waals surface area contributed by atoms with E-state index in [4.69, 9.17) is 0 Å². The predicted molar refractivity (Wildman–Crippen MR) is 79.8 cm³/mol. The van der Waals surface area contributed by atoms with Gasteiger partial charge in [-0.15, -0.1) is 0 Å². The van der Waals surface area contributed by atoms with E-state index in [-0.39, 0.29) is 0 Å². The van der Waals surface area contributed by atoms with E-state index in [0.29, 0.717) is 16.9 Å². The molecule has 0 amide bonds. The second kappa shape index (κ2) is 5.53. The number of hydrogen-bond acceptors (Lipinski definition) is 1. The summed E-state index contributed by atoms with van der Waals surface area (Å²) in [5, 5.41) is 3.83. The van der Waals surface area contributed by atoms with Gasteiger partial charge in [0, 0.05) is 12.6 Å². The van der Waals surface area contributed by atoms with Crippen LogP contribution in [0.4, 0.5) is 0 Å². The molecule has 1 saturated heterocycles. The molecule has 1 aliphatic heterocycles. The summed E-state index contributed by atoms with van der Waals surface area (Å²) in [5.74, 6) is 0.834. The number of hydrogen-bond donors (Lipinski definition) is 1. The fourth-order valence-electron chi connectivity index (χ4n) is 4.10. The van der Waals surface area contributed by atoms with Gasteiger partial charge in [-0.3, -0.25) is 0 Å². The first kappa shape index (κ1) is 14.4. The molecule has 1 aliphatic carbocycles. The third-order valence-corrected chi connectivity index (χ3v) is 6.48. The summed E-state index contributed by atoms with van der Waals surface area (Å²) in [5.41, 5.74) is 1.08. The Morgan fingerprint density at radius 3 is 2.06 bits per heavy atom. The normalized spacial score (nSPS) is 42.0. The molecule has 2 rings (SSSR count). The average molecular weight is 251 g/mol. The van der Waals surface area contributed by atoms with Gasteiger partial charge >= 0.3 is 0 Å². The molecule has 106 valence electrons. The highest BCUT2D eigenvalue weighted by molar-refractivity contribution is 4.97. The highest BCUT2D eigenvalue weighted by Gasteiger charge is 2.45. The first-order valence-electron chi connectivity index (χ1n) is 8.20. The average Bonchev–Trinajstić information content (AvgIpc) is 2.64. The van der Waals surface area contributed by atoms with Crippen molar-refractivity contribution in [3.05, 3.63) is 0 Å². The molecule has 1 saturated carbocycles. The quantitative estimate of drug-likeness (QED) is 0.662. The van der Waals surface area contributed by atoms with Crippen LogP contribution < -0.4 is 5.32 Å². The maximum atomic E-state index is 3.83. The summed E-state index contributed by atoms with van der Waals surface area (Å²) in [6.07, 6.45) is 11.6. The van der Waals surface area contributed by atoms with Crippen molar-refractivity contribution in [3.8, 4) is 0 Å². The Balaban J connectivity index is 2.13. The van der Waals surface area contributed by atoms with Gasteiger partial charge in [0.25, 0.3) is 0 Å². The first-order valence-corrected chi connectivity index (χ1v) is 8.20. The topological polar surface area (TPSA) is 12.0 Å². The summed E-state index contributed by atoms with van der Waals surface area (Å²) >= 11 is 0. The van der Waals surface area contributed by atoms with E-state index in [1.807, 2.05) is 0 Å². The minimum atomic E-state index is 0.510. The minimum absolute atomic E-state index is 0.510. The van der Waals surface area contributed by atoms with Gasteiger partial charge in [-0.25, -0.2) is 0 Å². The molecule has 2 fully saturated rings. The third kappa shape index (κ3) is 2.76. The lowest BCUT2D eigenvalue weighted by atomic mass is 9.59. The van der Waals surface area contributed by atoms with Gasteiger partial charge < -0.3 is 5.32 Å². The molecule has 0 aromatic heterocycles. The summed E-state index contributed by atoms with van der Waals surface area (Å²) in [6, 6.07) is 0.696. The Bertz CT molecular complexity index is 251. The second-order valence-electron chi connectivity index (χ2n) is 7.72. The van der Waals surface area contributed by atoms with E-state index in [1.165, 1.54) is 57.9 Å². The molecule has 0 spiro atoms. The van der Waals surface area contributed by atoms with Crippen LogP contribution >= 0.6 is 0 Å². The van der Waals surface area contributed by atoms with Crippen molar-refractivity contribution in [2.24, 2.45) is 16.7 Å². The maximum Gasteiger partial charge on any atom is 0.00646 e. The summed E-state index contributed by atoms with van der Waals surface area (Å²) < 4.78 is 0. The van der Waals surface area contributed by atoms with Crippen LogP contribution in [0.3, 0.4) is 0 Å². The summed E-state index contributed by atoms with van der Waals surface area (Å²) in [4.78, 5) is 0. The SMILES string of the molecule is CC1CCC(C)(C2(C)CCCCCC2)CNC1C. The maximum absolute atomic E-state index is 3.83. The van der Waals surface area contributed by atoms with Crippen molar-refractivity contribution < 1.29 is 0 Å². The largest absolute Gasteiger partial charge is 0.313 e. The van der Waals surface area contributed by atoms with E-state index >= 15 is 0 Å². The fourth-order valence-corrected chi connectivity index (χ4v) is 4.10. The zero-order valence-corrected chi connectivity index (χ0v) is 13.0. The lowest BCUT2D eigenvalue weighted by molar-refractivity contribution is 0.0448. The van der Waals surface area contributed by atoms with Crippen molar-refractivity contribution in [1.29, 1.82) is 0 Å². The molecule has 1 heterocycles. The van der Waals surface area contributed by atoms with Crippen LogP contribution in [0.15, 0.2) is 0 Å². The van der Waals surface area contributed by atoms with E-state index in [9.17, 15) is 0 Å². The summed E-state index contributed by atoms with van der Waals surface area (Å²) in [7, 11) is 0. The van der Waals surface area contributed by atoms with Crippen LogP contribution in [0.1, 0.15) is 79.1 Å². The molecule has 1 nitrogen and oxygen atoms in total. The molecule has 0 bridgehead atoms. The van der Waals surface area contributed by atoms with E-state index in [0.717, 1.165) is 5.92 Å². The zero-order valence-electron chi connectivity index (χ0n) is 13.0. The molecule has 3 atom stereocenters. The monoisotopic (exact) mass is 251 g/mol. The van der Waals surface area contributed by atoms with Gasteiger partial charge in [0.2, 0.25) is 0 Å². The number of nitrogens with one attached hydrogen (secondary N) is 1. The molecule has 18 heavy (non-hydrogen) atoms. The van der Waals surface area contributed by atoms with Crippen LogP contribution in [0.25, 0.3) is 0 Å². The van der Waals surface area contributed by atoms with Crippen LogP contribution in [0.5, 0.6) is 0 Å². The summed E-state index contributed by atoms with van der Waals surface area (Å²) in [6.45, 7) is 11.2. The molecule has 1 heteroatoms. The third-order valence-electron chi connectivity index (χ3n) is 6.48. The standard InChI is InChI=1S/C17H33N/c1-14-9-12-17(4,13-18-15(14)2)16(3)10-7-5-6-8-11-16/h14-15,18H,5-13H2,1-4H3. The lowest BCUT2D eigenvalue weighted by Crippen LogP contribution is -2.45. The molecule has 0 aromatic carbocycles. The van der Waals surface area contributed by atoms with Crippen molar-refractivity contribution in [1.82, 2.24) is 5.32 Å². The van der Waals surface area contributed by atoms with Crippen molar-refractivity contribution in [2.45, 2.75) is 85.1 Å². The van der Waals surface area contributed by atoms with Gasteiger partial charge in [0.05, 0.1) is 0 Å². The lowest BCUT2D eigenvalue weighted by Gasteiger charge is -2.47. The molecule has 0 radical (unpaired) electrons. The first-order chi connectivity index (χ1) is 8.47. The van der Waals surface area contributed by atoms with Crippen LogP contribution in [0, 0.1) is 16.7 Å². The predicted octanol–water partition coefficient (Wildman–Crippen LogP) is 4.76. The van der Waals surface area contributed by atoms with Gasteiger partial charge in [-0.2, -0.15) is 0 Å². The van der Waals surface area contributed by atoms with E-state index < -0.39 is 0 Å². The Hall–Kier alpha value is -0.0400. The van der Waals surface area contributed by atoms with Crippen molar-refractivity contribution >= 4 is 0 Å². The van der Waals surface area contributed by atoms with Gasteiger partial charge in [0.15, 0.2) is 0 Å². The van der Waals surface area contributed by atoms with E-state index in [1.54, 1.807) is 0 Å². The molecular formula is C17H33N. The molecule has 3 unspecified atom stereocenters. The molecule has 2 aliphatic rings. The van der Waals surface area contributed by atoms with E-state index in [2.05, 4.69) is 33.0 Å². The molecule has 0 aromatic rings. The van der Waals surface area contributed by atoms with Crippen LogP contribution in [-0.2, 0) is 0 Å². The Labute approximate surface area is 114 Å². The zero-order chi connectivity index (χ0) is 13.2. The fraction of sp³-hybridized carbons (Fsp3) is 1.00. The Morgan fingerprint density at radius 2 is 1.44 bits per heavy atom. The Morgan fingerprint density at radius 1 is 0.833 bits per heavy atom. The Kier molecular flexibility index (Phi) is 4.41. The van der Waals surface area contributed by atoms with Crippen LogP contribution in [0.2, 0.25) is 0 Å².